The molecule has 0 unspecified atom stereocenters. The van der Waals surface area contributed by atoms with E-state index >= 15 is 0 Å². The number of nitrogens with zero attached hydrogens (tertiary/aromatic N) is 3. The number of nitrogens with one attached hydrogen (secondary N) is 1. The van der Waals surface area contributed by atoms with Gasteiger partial charge in [0.05, 0.1) is 0 Å². The maximum Gasteiger partial charge on any atom is 0.330 e. The van der Waals surface area contributed by atoms with Crippen LogP contribution in [0.4, 0.5) is 11.5 Å². The van der Waals surface area contributed by atoms with Crippen LogP contribution >= 0.6 is 0 Å². The highest BCUT2D eigenvalue weighted by molar-refractivity contribution is 6.05. The van der Waals surface area contributed by atoms with Crippen molar-refractivity contribution < 1.29 is 9.32 Å². The minimum Gasteiger partial charge on any atom is -0.383 e. The van der Waals surface area contributed by atoms with Gasteiger partial charge in [-0.1, -0.05) is 18.5 Å². The Kier molecular flexibility index (Phi) is 5.22. The minimum atomic E-state index is -0.708. The van der Waals surface area contributed by atoms with E-state index in [1.165, 1.54) is 15.5 Å². The fourth-order valence-electron chi connectivity index (χ4n) is 2.39. The summed E-state index contributed by atoms with van der Waals surface area (Å²) in [6, 6.07) is 1.47. The first-order valence-electron chi connectivity index (χ1n) is 7.78. The Morgan fingerprint density at radius 2 is 2.12 bits per heavy atom. The first kappa shape index (κ1) is 17.5. The molecule has 2 rings (SSSR count). The molecule has 0 aliphatic rings. The van der Waals surface area contributed by atoms with Gasteiger partial charge in [-0.3, -0.25) is 24.0 Å². The number of aromatic amines is 1. The Morgan fingerprint density at radius 3 is 2.67 bits per heavy atom. The number of hydrogen-bond acceptors (Lipinski definition) is 6. The number of aryl methyl sites for hydroxylation is 1. The van der Waals surface area contributed by atoms with E-state index in [4.69, 9.17) is 10.3 Å². The lowest BCUT2D eigenvalue weighted by atomic mass is 10.3. The van der Waals surface area contributed by atoms with Crippen molar-refractivity contribution in [3.8, 4) is 0 Å². The van der Waals surface area contributed by atoms with Crippen LogP contribution < -0.4 is 21.9 Å². The smallest absolute Gasteiger partial charge is 0.330 e. The maximum absolute atomic E-state index is 12.6. The molecule has 0 radical (unpaired) electrons. The van der Waals surface area contributed by atoms with Gasteiger partial charge < -0.3 is 10.3 Å². The highest BCUT2D eigenvalue weighted by atomic mass is 16.5. The van der Waals surface area contributed by atoms with E-state index in [0.29, 0.717) is 12.3 Å². The van der Waals surface area contributed by atoms with Gasteiger partial charge in [-0.25, -0.2) is 4.79 Å². The van der Waals surface area contributed by atoms with Gasteiger partial charge in [-0.05, 0) is 20.3 Å². The molecule has 9 heteroatoms. The standard InChI is InChI=1S/C15H21N5O4/c1-4-6-7-20-12(16)11(13(21)17-15(20)23)19(5-2)14(22)10-8-9(3)24-18-10/h8H,4-7,16H2,1-3H3,(H,17,21,23). The van der Waals surface area contributed by atoms with Crippen LogP contribution in [-0.2, 0) is 6.54 Å². The van der Waals surface area contributed by atoms with Crippen LogP contribution in [0.2, 0.25) is 0 Å². The molecular formula is C15H21N5O4. The van der Waals surface area contributed by atoms with E-state index in [-0.39, 0.29) is 23.7 Å². The molecule has 2 aromatic heterocycles. The number of hydrogen-bond donors (Lipinski definition) is 2. The van der Waals surface area contributed by atoms with Crippen molar-refractivity contribution in [3.63, 3.8) is 0 Å². The zero-order chi connectivity index (χ0) is 17.9. The summed E-state index contributed by atoms with van der Waals surface area (Å²) >= 11 is 0. The molecule has 130 valence electrons. The average Bonchev–Trinajstić information content (AvgIpc) is 2.97. The molecule has 9 nitrogen and oxygen atoms in total. The van der Waals surface area contributed by atoms with Gasteiger partial charge in [-0.15, -0.1) is 0 Å². The lowest BCUT2D eigenvalue weighted by Crippen LogP contribution is -2.41. The fourth-order valence-corrected chi connectivity index (χ4v) is 2.39. The van der Waals surface area contributed by atoms with Gasteiger partial charge in [0.15, 0.2) is 11.4 Å². The van der Waals surface area contributed by atoms with Crippen molar-refractivity contribution in [2.45, 2.75) is 40.2 Å². The zero-order valence-electron chi connectivity index (χ0n) is 14.0. The van der Waals surface area contributed by atoms with Gasteiger partial charge in [-0.2, -0.15) is 0 Å². The highest BCUT2D eigenvalue weighted by Crippen LogP contribution is 2.19. The van der Waals surface area contributed by atoms with E-state index in [0.717, 1.165) is 12.8 Å². The molecule has 2 heterocycles. The molecule has 0 aromatic carbocycles. The Balaban J connectivity index is 2.53. The quantitative estimate of drug-likeness (QED) is 0.806. The molecule has 3 N–H and O–H groups in total. The molecule has 24 heavy (non-hydrogen) atoms. The summed E-state index contributed by atoms with van der Waals surface area (Å²) in [6.45, 7) is 5.88. The number of amides is 1. The number of rotatable bonds is 6. The fraction of sp³-hybridized carbons (Fsp3) is 0.467. The molecule has 2 aromatic rings. The number of nitrogen functional groups attached to an aromatic ring is 1. The summed E-state index contributed by atoms with van der Waals surface area (Å²) in [7, 11) is 0. The van der Waals surface area contributed by atoms with Crippen molar-refractivity contribution in [2.24, 2.45) is 0 Å². The van der Waals surface area contributed by atoms with Crippen molar-refractivity contribution in [2.75, 3.05) is 17.2 Å². The van der Waals surface area contributed by atoms with Crippen molar-refractivity contribution in [1.29, 1.82) is 0 Å². The highest BCUT2D eigenvalue weighted by Gasteiger charge is 2.25. The molecule has 0 spiro atoms. The first-order chi connectivity index (χ1) is 11.4. The van der Waals surface area contributed by atoms with E-state index in [9.17, 15) is 14.4 Å². The number of anilines is 2. The molecule has 0 fully saturated rings. The third-order valence-electron chi connectivity index (χ3n) is 3.63. The van der Waals surface area contributed by atoms with Crippen LogP contribution in [0.15, 0.2) is 20.2 Å². The number of unbranched alkanes of at least 4 members (excludes halogenated alkanes) is 1. The van der Waals surface area contributed by atoms with E-state index in [1.807, 2.05) is 6.92 Å². The molecule has 1 amide bonds. The summed E-state index contributed by atoms with van der Waals surface area (Å²) in [5.74, 6) is -0.0796. The normalized spacial score (nSPS) is 10.8. The number of carbonyl (C=O) groups excluding carboxylic acids is 1. The van der Waals surface area contributed by atoms with Gasteiger partial charge in [0.2, 0.25) is 0 Å². The second-order valence-corrected chi connectivity index (χ2v) is 5.37. The molecule has 0 aliphatic carbocycles. The van der Waals surface area contributed by atoms with Crippen molar-refractivity contribution in [3.05, 3.63) is 38.4 Å². The average molecular weight is 335 g/mol. The molecule has 0 aliphatic heterocycles. The van der Waals surface area contributed by atoms with E-state index in [2.05, 4.69) is 10.1 Å². The number of aromatic nitrogens is 3. The summed E-state index contributed by atoms with van der Waals surface area (Å²) in [5.41, 5.74) is 4.75. The summed E-state index contributed by atoms with van der Waals surface area (Å²) in [4.78, 5) is 40.2. The van der Waals surface area contributed by atoms with Crippen LogP contribution in [0, 0.1) is 6.92 Å². The second kappa shape index (κ2) is 7.16. The SMILES string of the molecule is CCCCn1c(N)c(N(CC)C(=O)c2cc(C)on2)c(=O)[nH]c1=O. The van der Waals surface area contributed by atoms with E-state index < -0.39 is 17.2 Å². The van der Waals surface area contributed by atoms with Gasteiger partial charge in [0.1, 0.15) is 11.6 Å². The Hall–Kier alpha value is -2.84. The third kappa shape index (κ3) is 3.24. The molecule has 0 atom stereocenters. The lowest BCUT2D eigenvalue weighted by Gasteiger charge is -2.22. The number of H-pyrrole nitrogens is 1. The van der Waals surface area contributed by atoms with Gasteiger partial charge in [0, 0.05) is 19.2 Å². The Morgan fingerprint density at radius 1 is 1.42 bits per heavy atom. The summed E-state index contributed by atoms with van der Waals surface area (Å²) in [5, 5.41) is 3.67. The topological polar surface area (TPSA) is 127 Å². The van der Waals surface area contributed by atoms with Crippen LogP contribution in [0.3, 0.4) is 0 Å². The molecule has 0 bridgehead atoms. The van der Waals surface area contributed by atoms with Crippen molar-refractivity contribution >= 4 is 17.4 Å². The lowest BCUT2D eigenvalue weighted by molar-refractivity contribution is 0.0979. The van der Waals surface area contributed by atoms with Crippen LogP contribution in [0.25, 0.3) is 0 Å². The predicted octanol–water partition coefficient (Wildman–Crippen LogP) is 0.882. The molecule has 0 saturated carbocycles. The second-order valence-electron chi connectivity index (χ2n) is 5.37. The first-order valence-corrected chi connectivity index (χ1v) is 7.78. The Bertz CT molecular complexity index is 848. The largest absolute Gasteiger partial charge is 0.383 e. The van der Waals surface area contributed by atoms with E-state index in [1.54, 1.807) is 13.8 Å². The number of carbonyl (C=O) groups is 1. The van der Waals surface area contributed by atoms with Crippen LogP contribution in [0.5, 0.6) is 0 Å². The Labute approximate surface area is 138 Å². The third-order valence-corrected chi connectivity index (χ3v) is 3.63. The predicted molar refractivity (Wildman–Crippen MR) is 89.2 cm³/mol. The number of nitrogens with two attached hydrogens (primary N) is 1. The van der Waals surface area contributed by atoms with Crippen LogP contribution in [0.1, 0.15) is 42.9 Å². The summed E-state index contributed by atoms with van der Waals surface area (Å²) in [6.07, 6.45) is 1.58. The summed E-state index contributed by atoms with van der Waals surface area (Å²) < 4.78 is 6.17. The van der Waals surface area contributed by atoms with Crippen LogP contribution in [-0.4, -0.2) is 27.2 Å². The molecular weight excluding hydrogens is 314 g/mol. The zero-order valence-corrected chi connectivity index (χ0v) is 14.0. The monoisotopic (exact) mass is 335 g/mol. The minimum absolute atomic E-state index is 0.0346. The van der Waals surface area contributed by atoms with Crippen molar-refractivity contribution in [1.82, 2.24) is 14.7 Å². The molecule has 0 saturated heterocycles. The van der Waals surface area contributed by atoms with Gasteiger partial charge >= 0.3 is 5.69 Å². The maximum atomic E-state index is 12.6. The van der Waals surface area contributed by atoms with Gasteiger partial charge in [0.25, 0.3) is 11.5 Å².